The highest BCUT2D eigenvalue weighted by Crippen LogP contribution is 2.46. The average Bonchev–Trinajstić information content (AvgIpc) is 2.35. The van der Waals surface area contributed by atoms with Crippen molar-refractivity contribution in [1.29, 1.82) is 0 Å². The molecule has 0 aromatic carbocycles. The summed E-state index contributed by atoms with van der Waals surface area (Å²) in [5.74, 6) is 4.73. The molecule has 2 atom stereocenters. The zero-order valence-electron chi connectivity index (χ0n) is 18.6. The second kappa shape index (κ2) is 8.91. The van der Waals surface area contributed by atoms with Gasteiger partial charge in [-0.05, 0) is 65.6 Å². The Morgan fingerprint density at radius 1 is 0.609 bits per heavy atom. The van der Waals surface area contributed by atoms with Crippen molar-refractivity contribution in [3.8, 4) is 0 Å². The lowest BCUT2D eigenvalue weighted by atomic mass is 9.61. The van der Waals surface area contributed by atoms with Crippen molar-refractivity contribution in [3.63, 3.8) is 0 Å². The second-order valence-electron chi connectivity index (χ2n) is 10.7. The number of hydrogen-bond acceptors (Lipinski definition) is 0. The van der Waals surface area contributed by atoms with Gasteiger partial charge < -0.3 is 0 Å². The number of hydrogen-bond donors (Lipinski definition) is 0. The summed E-state index contributed by atoms with van der Waals surface area (Å²) in [5.41, 5.74) is 0.867. The standard InChI is InChI=1S/C23H48/c1-16(2)15-20(22(9,10)18(5)6)13-14-21(17(3)4)23(11,12)19(7)8/h16-21H,13-15H2,1-12H3. The molecule has 0 N–H and O–H groups in total. The van der Waals surface area contributed by atoms with Gasteiger partial charge in [0.25, 0.3) is 0 Å². The van der Waals surface area contributed by atoms with Crippen LogP contribution in [0.25, 0.3) is 0 Å². The van der Waals surface area contributed by atoms with Crippen molar-refractivity contribution in [3.05, 3.63) is 0 Å². The molecule has 140 valence electrons. The normalized spacial score (nSPS) is 16.7. The van der Waals surface area contributed by atoms with Gasteiger partial charge in [-0.15, -0.1) is 0 Å². The van der Waals surface area contributed by atoms with Crippen molar-refractivity contribution in [1.82, 2.24) is 0 Å². The molecule has 0 saturated carbocycles. The molecular formula is C23H48. The highest BCUT2D eigenvalue weighted by atomic mass is 14.4. The van der Waals surface area contributed by atoms with Crippen LogP contribution >= 0.6 is 0 Å². The van der Waals surface area contributed by atoms with E-state index in [0.717, 1.165) is 35.5 Å². The van der Waals surface area contributed by atoms with Gasteiger partial charge in [-0.2, -0.15) is 0 Å². The molecule has 0 aromatic rings. The van der Waals surface area contributed by atoms with Crippen molar-refractivity contribution in [2.24, 2.45) is 46.3 Å². The minimum atomic E-state index is 0.429. The maximum atomic E-state index is 2.50. The first-order chi connectivity index (χ1) is 10.2. The van der Waals surface area contributed by atoms with Gasteiger partial charge in [0, 0.05) is 0 Å². The van der Waals surface area contributed by atoms with Crippen molar-refractivity contribution < 1.29 is 0 Å². The molecule has 0 heteroatoms. The molecule has 0 heterocycles. The van der Waals surface area contributed by atoms with E-state index in [-0.39, 0.29) is 0 Å². The summed E-state index contributed by atoms with van der Waals surface area (Å²) in [6.45, 7) is 29.3. The molecule has 0 amide bonds. The number of rotatable bonds is 10. The summed E-state index contributed by atoms with van der Waals surface area (Å²) >= 11 is 0. The Morgan fingerprint density at radius 3 is 1.35 bits per heavy atom. The van der Waals surface area contributed by atoms with Crippen LogP contribution in [0.2, 0.25) is 0 Å². The van der Waals surface area contributed by atoms with E-state index in [0.29, 0.717) is 10.8 Å². The molecule has 0 aliphatic rings. The molecule has 0 saturated heterocycles. The minimum Gasteiger partial charge on any atom is -0.0628 e. The van der Waals surface area contributed by atoms with Crippen LogP contribution in [-0.4, -0.2) is 0 Å². The fraction of sp³-hybridized carbons (Fsp3) is 1.00. The SMILES string of the molecule is CC(C)CC(CCC(C(C)C)C(C)(C)C(C)C)C(C)(C)C(C)C. The Labute approximate surface area is 149 Å². The lowest BCUT2D eigenvalue weighted by molar-refractivity contribution is 0.0562. The van der Waals surface area contributed by atoms with Crippen LogP contribution in [0.5, 0.6) is 0 Å². The molecule has 0 aliphatic carbocycles. The van der Waals surface area contributed by atoms with Gasteiger partial charge in [0.2, 0.25) is 0 Å². The highest BCUT2D eigenvalue weighted by molar-refractivity contribution is 4.87. The van der Waals surface area contributed by atoms with Crippen molar-refractivity contribution >= 4 is 0 Å². The first-order valence-electron chi connectivity index (χ1n) is 10.2. The first-order valence-corrected chi connectivity index (χ1v) is 10.2. The van der Waals surface area contributed by atoms with Crippen LogP contribution < -0.4 is 0 Å². The van der Waals surface area contributed by atoms with E-state index in [1.807, 2.05) is 0 Å². The Bertz CT molecular complexity index is 317. The Hall–Kier alpha value is 0. The summed E-state index contributed by atoms with van der Waals surface area (Å²) in [6.07, 6.45) is 4.15. The third kappa shape index (κ3) is 6.43. The Balaban J connectivity index is 5.20. The summed E-state index contributed by atoms with van der Waals surface area (Å²) < 4.78 is 0. The largest absolute Gasteiger partial charge is 0.0628 e. The van der Waals surface area contributed by atoms with Gasteiger partial charge in [-0.25, -0.2) is 0 Å². The van der Waals surface area contributed by atoms with Crippen LogP contribution in [0.15, 0.2) is 0 Å². The van der Waals surface area contributed by atoms with Gasteiger partial charge in [0.05, 0.1) is 0 Å². The van der Waals surface area contributed by atoms with Crippen LogP contribution in [0, 0.1) is 46.3 Å². The van der Waals surface area contributed by atoms with Crippen LogP contribution in [-0.2, 0) is 0 Å². The molecule has 0 aliphatic heterocycles. The maximum Gasteiger partial charge on any atom is -0.0300 e. The quantitative estimate of drug-likeness (QED) is 0.381. The molecule has 0 aromatic heterocycles. The molecule has 0 fully saturated rings. The van der Waals surface area contributed by atoms with E-state index in [9.17, 15) is 0 Å². The monoisotopic (exact) mass is 324 g/mol. The Kier molecular flexibility index (Phi) is 8.91. The van der Waals surface area contributed by atoms with Crippen LogP contribution in [0.1, 0.15) is 102 Å². The zero-order chi connectivity index (χ0) is 18.6. The molecular weight excluding hydrogens is 276 g/mol. The summed E-state index contributed by atoms with van der Waals surface area (Å²) in [4.78, 5) is 0. The zero-order valence-corrected chi connectivity index (χ0v) is 18.6. The van der Waals surface area contributed by atoms with E-state index in [2.05, 4.69) is 83.1 Å². The summed E-state index contributed by atoms with van der Waals surface area (Å²) in [6, 6.07) is 0. The predicted octanol–water partition coefficient (Wildman–Crippen LogP) is 8.07. The molecule has 0 rings (SSSR count). The predicted molar refractivity (Wildman–Crippen MR) is 108 cm³/mol. The van der Waals surface area contributed by atoms with E-state index in [1.165, 1.54) is 19.3 Å². The lowest BCUT2D eigenvalue weighted by Gasteiger charge is -2.44. The molecule has 23 heavy (non-hydrogen) atoms. The lowest BCUT2D eigenvalue weighted by Crippen LogP contribution is -2.36. The van der Waals surface area contributed by atoms with Gasteiger partial charge in [-0.3, -0.25) is 0 Å². The minimum absolute atomic E-state index is 0.429. The molecule has 2 unspecified atom stereocenters. The highest BCUT2D eigenvalue weighted by Gasteiger charge is 2.37. The van der Waals surface area contributed by atoms with Crippen molar-refractivity contribution in [2.45, 2.75) is 102 Å². The summed E-state index contributed by atoms with van der Waals surface area (Å²) in [5, 5.41) is 0. The first kappa shape index (κ1) is 23.0. The third-order valence-corrected chi connectivity index (χ3v) is 7.37. The summed E-state index contributed by atoms with van der Waals surface area (Å²) in [7, 11) is 0. The average molecular weight is 325 g/mol. The van der Waals surface area contributed by atoms with E-state index < -0.39 is 0 Å². The third-order valence-electron chi connectivity index (χ3n) is 7.37. The smallest absolute Gasteiger partial charge is 0.0300 e. The van der Waals surface area contributed by atoms with E-state index >= 15 is 0 Å². The fourth-order valence-corrected chi connectivity index (χ4v) is 4.21. The van der Waals surface area contributed by atoms with Crippen LogP contribution in [0.4, 0.5) is 0 Å². The fourth-order valence-electron chi connectivity index (χ4n) is 4.21. The van der Waals surface area contributed by atoms with E-state index in [1.54, 1.807) is 0 Å². The molecule has 0 bridgehead atoms. The van der Waals surface area contributed by atoms with Gasteiger partial charge in [0.15, 0.2) is 0 Å². The second-order valence-corrected chi connectivity index (χ2v) is 10.7. The van der Waals surface area contributed by atoms with Gasteiger partial charge >= 0.3 is 0 Å². The molecule has 0 nitrogen and oxygen atoms in total. The van der Waals surface area contributed by atoms with Crippen LogP contribution in [0.3, 0.4) is 0 Å². The maximum absolute atomic E-state index is 2.50. The molecule has 0 radical (unpaired) electrons. The Morgan fingerprint density at radius 2 is 1.04 bits per heavy atom. The molecule has 0 spiro atoms. The van der Waals surface area contributed by atoms with Crippen molar-refractivity contribution in [2.75, 3.05) is 0 Å². The topological polar surface area (TPSA) is 0 Å². The van der Waals surface area contributed by atoms with Gasteiger partial charge in [-0.1, -0.05) is 83.1 Å². The van der Waals surface area contributed by atoms with Gasteiger partial charge in [0.1, 0.15) is 0 Å². The van der Waals surface area contributed by atoms with E-state index in [4.69, 9.17) is 0 Å².